The molecule has 1 aromatic heterocycles. The van der Waals surface area contributed by atoms with Gasteiger partial charge < -0.3 is 69.3 Å². The summed E-state index contributed by atoms with van der Waals surface area (Å²) in [5.41, 5.74) is -0.956. The lowest BCUT2D eigenvalue weighted by atomic mass is 9.98. The van der Waals surface area contributed by atoms with E-state index in [9.17, 15) is 50.8 Å². The van der Waals surface area contributed by atoms with Crippen LogP contribution >= 0.6 is 0 Å². The number of phenolic OH excluding ortho intramolecular Hbond substituents is 3. The van der Waals surface area contributed by atoms with Crippen LogP contribution in [-0.4, -0.2) is 114 Å². The second-order valence-corrected chi connectivity index (χ2v) is 10.1. The Balaban J connectivity index is 1.46. The van der Waals surface area contributed by atoms with E-state index in [0.29, 0.717) is 0 Å². The number of phenols is 3. The van der Waals surface area contributed by atoms with Gasteiger partial charge in [0.1, 0.15) is 70.9 Å². The first-order valence-corrected chi connectivity index (χ1v) is 12.9. The largest absolute Gasteiger partial charge is 0.508 e. The summed E-state index contributed by atoms with van der Waals surface area (Å²) in [6.07, 6.45) is -15.8. The van der Waals surface area contributed by atoms with Crippen molar-refractivity contribution in [2.75, 3.05) is 6.61 Å². The summed E-state index contributed by atoms with van der Waals surface area (Å²) >= 11 is 0. The van der Waals surface area contributed by atoms with Crippen molar-refractivity contribution in [2.24, 2.45) is 0 Å². The molecule has 0 saturated carbocycles. The van der Waals surface area contributed by atoms with Crippen LogP contribution in [0.3, 0.4) is 0 Å². The second kappa shape index (κ2) is 11.6. The van der Waals surface area contributed by atoms with Crippen molar-refractivity contribution in [3.8, 4) is 34.3 Å². The Kier molecular flexibility index (Phi) is 8.30. The number of benzene rings is 2. The molecular formula is C27H30O15. The fourth-order valence-electron chi connectivity index (χ4n) is 4.79. The quantitative estimate of drug-likeness (QED) is 0.159. The van der Waals surface area contributed by atoms with Crippen molar-refractivity contribution in [1.29, 1.82) is 0 Å². The van der Waals surface area contributed by atoms with Crippen LogP contribution < -0.4 is 10.2 Å². The number of fused-ring (bicyclic) bond motifs is 1. The van der Waals surface area contributed by atoms with Gasteiger partial charge in [-0.1, -0.05) is 0 Å². The predicted molar refractivity (Wildman–Crippen MR) is 139 cm³/mol. The molecule has 9 N–H and O–H groups in total. The van der Waals surface area contributed by atoms with Gasteiger partial charge in [-0.25, -0.2) is 0 Å². The van der Waals surface area contributed by atoms with Gasteiger partial charge in [0, 0.05) is 17.7 Å². The minimum atomic E-state index is -1.92. The van der Waals surface area contributed by atoms with Crippen molar-refractivity contribution < 1.29 is 69.3 Å². The predicted octanol–water partition coefficient (Wildman–Crippen LogP) is -1.39. The molecule has 0 bridgehead atoms. The molecule has 228 valence electrons. The topological polar surface area (TPSA) is 249 Å². The van der Waals surface area contributed by atoms with Gasteiger partial charge in [-0.05, 0) is 31.2 Å². The molecule has 2 fully saturated rings. The number of ether oxygens (including phenoxy) is 4. The number of hydrogen-bond donors (Lipinski definition) is 9. The van der Waals surface area contributed by atoms with Crippen LogP contribution in [-0.2, 0) is 14.2 Å². The van der Waals surface area contributed by atoms with E-state index in [-0.39, 0.29) is 28.0 Å². The van der Waals surface area contributed by atoms with E-state index >= 15 is 0 Å². The number of hydrogen-bond acceptors (Lipinski definition) is 15. The SMILES string of the molecule is C[C@@H]1O[C@H](OC[C@H]2O[C@@H](Oc3c(-c4ccc(O)cc4)oc4cc(O)cc(O)c4c3=O)[C@H](O)[C@@H](O)[C@@H]2O)[C@H](O)[C@H](O)[C@H]1O. The highest BCUT2D eigenvalue weighted by molar-refractivity contribution is 5.88. The van der Waals surface area contributed by atoms with Crippen molar-refractivity contribution in [2.45, 2.75) is 68.3 Å². The van der Waals surface area contributed by atoms with Crippen molar-refractivity contribution in [3.05, 3.63) is 46.6 Å². The van der Waals surface area contributed by atoms with Crippen LogP contribution in [0.5, 0.6) is 23.0 Å². The number of aliphatic hydroxyl groups excluding tert-OH is 6. The summed E-state index contributed by atoms with van der Waals surface area (Å²) in [6, 6.07) is 7.33. The van der Waals surface area contributed by atoms with Gasteiger partial charge in [-0.3, -0.25) is 4.79 Å². The van der Waals surface area contributed by atoms with Gasteiger partial charge in [0.25, 0.3) is 0 Å². The average molecular weight is 595 g/mol. The first-order valence-electron chi connectivity index (χ1n) is 12.9. The minimum absolute atomic E-state index is 0.103. The lowest BCUT2D eigenvalue weighted by Gasteiger charge is -2.42. The molecule has 3 aromatic rings. The normalized spacial score (nSPS) is 33.5. The van der Waals surface area contributed by atoms with E-state index in [4.69, 9.17) is 23.4 Å². The van der Waals surface area contributed by atoms with Crippen LogP contribution in [0.15, 0.2) is 45.6 Å². The Labute approximate surface area is 236 Å². The van der Waals surface area contributed by atoms with Crippen LogP contribution in [0.1, 0.15) is 6.92 Å². The average Bonchev–Trinajstić information content (AvgIpc) is 2.95. The van der Waals surface area contributed by atoms with E-state index in [2.05, 4.69) is 0 Å². The Bertz CT molecular complexity index is 1470. The van der Waals surface area contributed by atoms with E-state index in [1.165, 1.54) is 31.2 Å². The number of aromatic hydroxyl groups is 3. The van der Waals surface area contributed by atoms with Gasteiger partial charge in [0.15, 0.2) is 12.1 Å². The van der Waals surface area contributed by atoms with E-state index in [0.717, 1.165) is 12.1 Å². The third-order valence-electron chi connectivity index (χ3n) is 7.18. The van der Waals surface area contributed by atoms with Crippen molar-refractivity contribution in [1.82, 2.24) is 0 Å². The molecule has 0 spiro atoms. The molecule has 0 aliphatic carbocycles. The van der Waals surface area contributed by atoms with Gasteiger partial charge in [0.05, 0.1) is 12.7 Å². The third-order valence-corrected chi connectivity index (χ3v) is 7.18. The molecule has 2 aliphatic heterocycles. The monoisotopic (exact) mass is 594 g/mol. The molecule has 5 rings (SSSR count). The van der Waals surface area contributed by atoms with Crippen LogP contribution in [0.4, 0.5) is 0 Å². The van der Waals surface area contributed by atoms with Gasteiger partial charge >= 0.3 is 0 Å². The standard InChI is InChI=1S/C27H30O15/c1-9-17(31)20(34)22(36)26(39-9)38-8-15-18(32)21(35)23(37)27(41-15)42-25-19(33)16-13(30)6-12(29)7-14(16)40-24(25)10-2-4-11(28)5-3-10/h2-7,9,15,17-18,20-23,26-32,34-37H,8H2,1H3/t9-,15+,17-,18+,20+,21-,22+,23+,26-,27-/m0/s1. The maximum Gasteiger partial charge on any atom is 0.239 e. The molecular weight excluding hydrogens is 564 g/mol. The van der Waals surface area contributed by atoms with Crippen molar-refractivity contribution in [3.63, 3.8) is 0 Å². The molecule has 0 radical (unpaired) electrons. The zero-order chi connectivity index (χ0) is 30.5. The van der Waals surface area contributed by atoms with Crippen LogP contribution in [0, 0.1) is 0 Å². The second-order valence-electron chi connectivity index (χ2n) is 10.1. The molecule has 15 heteroatoms. The Morgan fingerprint density at radius 1 is 0.762 bits per heavy atom. The maximum atomic E-state index is 13.5. The summed E-state index contributed by atoms with van der Waals surface area (Å²) in [5.74, 6) is -1.97. The van der Waals surface area contributed by atoms with Gasteiger partial charge in [-0.15, -0.1) is 0 Å². The molecule has 0 amide bonds. The molecule has 2 saturated heterocycles. The molecule has 2 aromatic carbocycles. The highest BCUT2D eigenvalue weighted by atomic mass is 16.7. The van der Waals surface area contributed by atoms with Crippen LogP contribution in [0.25, 0.3) is 22.3 Å². The summed E-state index contributed by atoms with van der Waals surface area (Å²) in [6.45, 7) is 0.866. The summed E-state index contributed by atoms with van der Waals surface area (Å²) < 4.78 is 28.0. The highest BCUT2D eigenvalue weighted by Crippen LogP contribution is 2.37. The summed E-state index contributed by atoms with van der Waals surface area (Å²) in [7, 11) is 0. The molecule has 42 heavy (non-hydrogen) atoms. The number of rotatable bonds is 6. The molecule has 10 atom stereocenters. The number of aliphatic hydroxyl groups is 6. The van der Waals surface area contributed by atoms with E-state index < -0.39 is 90.7 Å². The molecule has 3 heterocycles. The summed E-state index contributed by atoms with van der Waals surface area (Å²) in [5, 5.41) is 91.4. The minimum Gasteiger partial charge on any atom is -0.508 e. The lowest BCUT2D eigenvalue weighted by Crippen LogP contribution is -2.61. The Hall–Kier alpha value is -3.51. The lowest BCUT2D eigenvalue weighted by molar-refractivity contribution is -0.318. The first kappa shape index (κ1) is 30.0. The Morgan fingerprint density at radius 3 is 2.10 bits per heavy atom. The van der Waals surface area contributed by atoms with E-state index in [1.54, 1.807) is 0 Å². The zero-order valence-corrected chi connectivity index (χ0v) is 21.9. The van der Waals surface area contributed by atoms with Crippen molar-refractivity contribution >= 4 is 11.0 Å². The zero-order valence-electron chi connectivity index (χ0n) is 21.9. The highest BCUT2D eigenvalue weighted by Gasteiger charge is 2.47. The Morgan fingerprint density at radius 2 is 1.40 bits per heavy atom. The fourth-order valence-corrected chi connectivity index (χ4v) is 4.79. The fraction of sp³-hybridized carbons (Fsp3) is 0.444. The van der Waals surface area contributed by atoms with Gasteiger partial charge in [-0.2, -0.15) is 0 Å². The molecule has 0 unspecified atom stereocenters. The summed E-state index contributed by atoms with van der Waals surface area (Å²) in [4.78, 5) is 13.5. The molecule has 15 nitrogen and oxygen atoms in total. The van der Waals surface area contributed by atoms with Crippen LogP contribution in [0.2, 0.25) is 0 Å². The van der Waals surface area contributed by atoms with E-state index in [1.807, 2.05) is 0 Å². The van der Waals surface area contributed by atoms with Gasteiger partial charge in [0.2, 0.25) is 17.5 Å². The molecule has 2 aliphatic rings. The maximum absolute atomic E-state index is 13.5. The third kappa shape index (κ3) is 5.49. The first-order chi connectivity index (χ1) is 19.9. The smallest absolute Gasteiger partial charge is 0.239 e.